The van der Waals surface area contributed by atoms with Gasteiger partial charge >= 0.3 is 0 Å². The Kier molecular flexibility index (Phi) is 4.38. The van der Waals surface area contributed by atoms with Gasteiger partial charge in [-0.25, -0.2) is 4.39 Å². The molecule has 1 atom stereocenters. The number of hydrogen-bond donors (Lipinski definition) is 1. The van der Waals surface area contributed by atoms with Gasteiger partial charge < -0.3 is 9.84 Å². The predicted octanol–water partition coefficient (Wildman–Crippen LogP) is 3.31. The summed E-state index contributed by atoms with van der Waals surface area (Å²) >= 11 is 0. The lowest BCUT2D eigenvalue weighted by molar-refractivity contribution is 0.00748. The molecule has 0 saturated carbocycles. The summed E-state index contributed by atoms with van der Waals surface area (Å²) in [6, 6.07) is 13.1. The van der Waals surface area contributed by atoms with Crippen LogP contribution in [0.3, 0.4) is 0 Å². The molecule has 0 radical (unpaired) electrons. The Balaban J connectivity index is 2.09. The number of ether oxygens (including phenoxy) is 1. The van der Waals surface area contributed by atoms with Crippen molar-refractivity contribution in [2.45, 2.75) is 19.4 Å². The molecule has 0 fully saturated rings. The van der Waals surface area contributed by atoms with Gasteiger partial charge in [0.2, 0.25) is 0 Å². The van der Waals surface area contributed by atoms with Crippen LogP contribution in [-0.2, 0) is 5.60 Å². The first-order chi connectivity index (χ1) is 9.90. The molecule has 0 aliphatic heterocycles. The van der Waals surface area contributed by atoms with Gasteiger partial charge in [0.25, 0.3) is 0 Å². The molecule has 2 rings (SSSR count). The van der Waals surface area contributed by atoms with E-state index in [1.807, 2.05) is 18.2 Å². The molecule has 0 bridgehead atoms. The average molecular weight is 288 g/mol. The van der Waals surface area contributed by atoms with Crippen LogP contribution in [0.25, 0.3) is 0 Å². The number of rotatable bonds is 5. The monoisotopic (exact) mass is 288 g/mol. The lowest BCUT2D eigenvalue weighted by Gasteiger charge is -2.24. The van der Waals surface area contributed by atoms with Crippen LogP contribution in [0.15, 0.2) is 48.5 Å². The van der Waals surface area contributed by atoms with Crippen LogP contribution in [0.4, 0.5) is 4.39 Å². The van der Waals surface area contributed by atoms with Gasteiger partial charge in [-0.05, 0) is 31.5 Å². The highest BCUT2D eigenvalue weighted by molar-refractivity contribution is 5.94. The minimum atomic E-state index is -1.18. The van der Waals surface area contributed by atoms with Crippen LogP contribution in [0.5, 0.6) is 5.75 Å². The Morgan fingerprint density at radius 3 is 2.48 bits per heavy atom. The molecule has 0 aliphatic rings. The summed E-state index contributed by atoms with van der Waals surface area (Å²) in [6.45, 7) is 2.91. The maximum absolute atomic E-state index is 13.7. The summed E-state index contributed by atoms with van der Waals surface area (Å²) in [5.74, 6) is -0.691. The molecule has 21 heavy (non-hydrogen) atoms. The van der Waals surface area contributed by atoms with E-state index in [0.717, 1.165) is 6.07 Å². The zero-order chi connectivity index (χ0) is 15.5. The van der Waals surface area contributed by atoms with Gasteiger partial charge in [0, 0.05) is 6.07 Å². The number of carbonyl (C=O) groups excluding carboxylic acids is 1. The van der Waals surface area contributed by atoms with E-state index in [9.17, 15) is 14.3 Å². The van der Waals surface area contributed by atoms with Crippen molar-refractivity contribution >= 4 is 5.78 Å². The van der Waals surface area contributed by atoms with Gasteiger partial charge in [0.1, 0.15) is 23.8 Å². The molecule has 1 unspecified atom stereocenters. The second kappa shape index (κ2) is 6.06. The van der Waals surface area contributed by atoms with Crippen molar-refractivity contribution in [2.75, 3.05) is 6.61 Å². The molecule has 0 saturated heterocycles. The fourth-order valence-electron chi connectivity index (χ4n) is 1.98. The SMILES string of the molecule is CC(=O)c1ccc(OCC(C)(O)c2ccccc2)cc1F. The third-order valence-electron chi connectivity index (χ3n) is 3.24. The van der Waals surface area contributed by atoms with Crippen molar-refractivity contribution in [3.8, 4) is 5.75 Å². The van der Waals surface area contributed by atoms with E-state index < -0.39 is 11.4 Å². The molecule has 4 heteroatoms. The topological polar surface area (TPSA) is 46.5 Å². The minimum absolute atomic E-state index is 0.0180. The van der Waals surface area contributed by atoms with E-state index in [-0.39, 0.29) is 23.7 Å². The van der Waals surface area contributed by atoms with Crippen LogP contribution < -0.4 is 4.74 Å². The second-order valence-corrected chi connectivity index (χ2v) is 5.13. The average Bonchev–Trinajstić information content (AvgIpc) is 2.46. The van der Waals surface area contributed by atoms with Crippen molar-refractivity contribution in [1.82, 2.24) is 0 Å². The Labute approximate surface area is 123 Å². The number of ketones is 1. The summed E-state index contributed by atoms with van der Waals surface area (Å²) < 4.78 is 19.1. The van der Waals surface area contributed by atoms with Crippen molar-refractivity contribution < 1.29 is 19.0 Å². The molecular weight excluding hydrogens is 271 g/mol. The lowest BCUT2D eigenvalue weighted by atomic mass is 9.97. The number of halogens is 1. The van der Waals surface area contributed by atoms with Crippen molar-refractivity contribution in [2.24, 2.45) is 0 Å². The van der Waals surface area contributed by atoms with Gasteiger partial charge in [0.15, 0.2) is 5.78 Å². The summed E-state index contributed by atoms with van der Waals surface area (Å²) in [6.07, 6.45) is 0. The maximum Gasteiger partial charge on any atom is 0.162 e. The highest BCUT2D eigenvalue weighted by atomic mass is 19.1. The normalized spacial score (nSPS) is 13.5. The third-order valence-corrected chi connectivity index (χ3v) is 3.24. The number of Topliss-reactive ketones (excluding diaryl/α,β-unsaturated/α-hetero) is 1. The molecule has 2 aromatic rings. The Morgan fingerprint density at radius 1 is 1.24 bits per heavy atom. The first-order valence-corrected chi connectivity index (χ1v) is 6.61. The van der Waals surface area contributed by atoms with Crippen LogP contribution >= 0.6 is 0 Å². The number of hydrogen-bond acceptors (Lipinski definition) is 3. The van der Waals surface area contributed by atoms with Crippen LogP contribution in [0.1, 0.15) is 29.8 Å². The van der Waals surface area contributed by atoms with Crippen molar-refractivity contribution in [3.05, 3.63) is 65.5 Å². The van der Waals surface area contributed by atoms with Crippen LogP contribution in [0, 0.1) is 5.82 Å². The van der Waals surface area contributed by atoms with Gasteiger partial charge in [-0.2, -0.15) is 0 Å². The van der Waals surface area contributed by atoms with Gasteiger partial charge in [-0.15, -0.1) is 0 Å². The lowest BCUT2D eigenvalue weighted by Crippen LogP contribution is -2.29. The molecule has 0 aliphatic carbocycles. The summed E-state index contributed by atoms with van der Waals surface area (Å²) in [5.41, 5.74) is -0.445. The first-order valence-electron chi connectivity index (χ1n) is 6.61. The molecule has 0 spiro atoms. The predicted molar refractivity (Wildman–Crippen MR) is 77.9 cm³/mol. The highest BCUT2D eigenvalue weighted by Gasteiger charge is 2.24. The minimum Gasteiger partial charge on any atom is -0.490 e. The highest BCUT2D eigenvalue weighted by Crippen LogP contribution is 2.23. The number of aliphatic hydroxyl groups is 1. The molecule has 3 nitrogen and oxygen atoms in total. The quantitative estimate of drug-likeness (QED) is 0.859. The number of benzene rings is 2. The Hall–Kier alpha value is -2.20. The molecule has 110 valence electrons. The largest absolute Gasteiger partial charge is 0.490 e. The summed E-state index contributed by atoms with van der Waals surface area (Å²) in [7, 11) is 0. The molecule has 0 heterocycles. The van der Waals surface area contributed by atoms with E-state index in [1.165, 1.54) is 19.1 Å². The van der Waals surface area contributed by atoms with Crippen LogP contribution in [0.2, 0.25) is 0 Å². The van der Waals surface area contributed by atoms with E-state index >= 15 is 0 Å². The molecular formula is C17H17FO3. The Morgan fingerprint density at radius 2 is 1.90 bits per heavy atom. The Bertz CT molecular complexity index is 636. The van der Waals surface area contributed by atoms with E-state index in [0.29, 0.717) is 5.56 Å². The fraction of sp³-hybridized carbons (Fsp3) is 0.235. The van der Waals surface area contributed by atoms with Gasteiger partial charge in [-0.1, -0.05) is 30.3 Å². The molecule has 2 aromatic carbocycles. The molecule has 0 aromatic heterocycles. The summed E-state index contributed by atoms with van der Waals surface area (Å²) in [4.78, 5) is 11.2. The van der Waals surface area contributed by atoms with Gasteiger partial charge in [0.05, 0.1) is 5.56 Å². The fourth-order valence-corrected chi connectivity index (χ4v) is 1.98. The van der Waals surface area contributed by atoms with E-state index in [1.54, 1.807) is 19.1 Å². The van der Waals surface area contributed by atoms with E-state index in [4.69, 9.17) is 4.74 Å². The standard InChI is InChI=1S/C17H17FO3/c1-12(19)15-9-8-14(10-16(15)18)21-11-17(2,20)13-6-4-3-5-7-13/h3-10,20H,11H2,1-2H3. The molecule has 1 N–H and O–H groups in total. The smallest absolute Gasteiger partial charge is 0.162 e. The summed E-state index contributed by atoms with van der Waals surface area (Å²) in [5, 5.41) is 10.4. The maximum atomic E-state index is 13.7. The zero-order valence-electron chi connectivity index (χ0n) is 12.0. The van der Waals surface area contributed by atoms with Crippen molar-refractivity contribution in [1.29, 1.82) is 0 Å². The molecule has 0 amide bonds. The number of carbonyl (C=O) groups is 1. The van der Waals surface area contributed by atoms with Crippen molar-refractivity contribution in [3.63, 3.8) is 0 Å². The zero-order valence-corrected chi connectivity index (χ0v) is 12.0. The second-order valence-electron chi connectivity index (χ2n) is 5.13. The van der Waals surface area contributed by atoms with Gasteiger partial charge in [-0.3, -0.25) is 4.79 Å². The van der Waals surface area contributed by atoms with E-state index in [2.05, 4.69) is 0 Å². The third kappa shape index (κ3) is 3.67. The van der Waals surface area contributed by atoms with Crippen LogP contribution in [-0.4, -0.2) is 17.5 Å². The first kappa shape index (κ1) is 15.2.